The fraction of sp³-hybridized carbons (Fsp3) is 0.364. The molecule has 0 fully saturated rings. The highest BCUT2D eigenvalue weighted by Gasteiger charge is 2.19. The summed E-state index contributed by atoms with van der Waals surface area (Å²) in [5.74, 6) is -1.90. The third-order valence-electron chi connectivity index (χ3n) is 2.21. The zero-order valence-corrected chi connectivity index (χ0v) is 9.44. The maximum Gasteiger partial charge on any atom is 0.258 e. The van der Waals surface area contributed by atoms with Gasteiger partial charge in [-0.3, -0.25) is 4.79 Å². The van der Waals surface area contributed by atoms with Gasteiger partial charge in [0, 0.05) is 13.7 Å². The molecule has 1 rings (SSSR count). The van der Waals surface area contributed by atoms with Crippen LogP contribution in [-0.4, -0.2) is 37.3 Å². The summed E-state index contributed by atoms with van der Waals surface area (Å²) < 4.78 is 18.2. The van der Waals surface area contributed by atoms with Crippen LogP contribution in [0.15, 0.2) is 18.2 Å². The Morgan fingerprint density at radius 3 is 2.88 bits per heavy atom. The van der Waals surface area contributed by atoms with E-state index in [9.17, 15) is 14.3 Å². The molecule has 0 saturated heterocycles. The lowest BCUT2D eigenvalue weighted by Crippen LogP contribution is -2.43. The fourth-order valence-corrected chi connectivity index (χ4v) is 1.36. The Balaban J connectivity index is 2.82. The molecule has 0 bridgehead atoms. The summed E-state index contributed by atoms with van der Waals surface area (Å²) in [6, 6.07) is 3.23. The van der Waals surface area contributed by atoms with Crippen molar-refractivity contribution in [2.75, 3.05) is 20.3 Å². The Morgan fingerprint density at radius 2 is 2.35 bits per heavy atom. The lowest BCUT2D eigenvalue weighted by atomic mass is 10.1. The lowest BCUT2D eigenvalue weighted by Gasteiger charge is -2.16. The van der Waals surface area contributed by atoms with Crippen molar-refractivity contribution < 1.29 is 19.0 Å². The molecule has 5 nitrogen and oxygen atoms in total. The number of rotatable bonds is 5. The van der Waals surface area contributed by atoms with Gasteiger partial charge in [-0.05, 0) is 12.1 Å². The molecular weight excluding hydrogens is 227 g/mol. The van der Waals surface area contributed by atoms with E-state index in [2.05, 4.69) is 5.32 Å². The molecule has 0 spiro atoms. The van der Waals surface area contributed by atoms with Crippen LogP contribution in [0, 0.1) is 5.82 Å². The summed E-state index contributed by atoms with van der Waals surface area (Å²) in [7, 11) is 1.47. The maximum atomic E-state index is 13.4. The van der Waals surface area contributed by atoms with Crippen molar-refractivity contribution in [3.05, 3.63) is 29.6 Å². The van der Waals surface area contributed by atoms with E-state index < -0.39 is 23.5 Å². The number of nitrogens with one attached hydrogen (secondary N) is 1. The van der Waals surface area contributed by atoms with Crippen LogP contribution in [0.25, 0.3) is 0 Å². The summed E-state index contributed by atoms with van der Waals surface area (Å²) in [4.78, 5) is 11.7. The Hall–Kier alpha value is -1.66. The second kappa shape index (κ2) is 6.17. The second-order valence-corrected chi connectivity index (χ2v) is 3.50. The highest BCUT2D eigenvalue weighted by Crippen LogP contribution is 2.19. The van der Waals surface area contributed by atoms with Crippen LogP contribution in [0.4, 0.5) is 4.39 Å². The number of carbonyl (C=O) groups excluding carboxylic acids is 1. The molecule has 0 aliphatic heterocycles. The van der Waals surface area contributed by atoms with Crippen molar-refractivity contribution in [1.82, 2.24) is 5.32 Å². The van der Waals surface area contributed by atoms with Crippen molar-refractivity contribution >= 4 is 5.91 Å². The van der Waals surface area contributed by atoms with E-state index in [1.807, 2.05) is 0 Å². The number of aromatic hydroxyl groups is 1. The number of carbonyl (C=O) groups is 1. The van der Waals surface area contributed by atoms with Crippen molar-refractivity contribution in [3.63, 3.8) is 0 Å². The van der Waals surface area contributed by atoms with Crippen LogP contribution in [0.2, 0.25) is 0 Å². The topological polar surface area (TPSA) is 84.6 Å². The Labute approximate surface area is 98.4 Å². The van der Waals surface area contributed by atoms with Gasteiger partial charge in [-0.15, -0.1) is 0 Å². The van der Waals surface area contributed by atoms with Crippen LogP contribution in [0.5, 0.6) is 5.75 Å². The first-order valence-electron chi connectivity index (χ1n) is 5.07. The molecule has 4 N–H and O–H groups in total. The van der Waals surface area contributed by atoms with Crippen LogP contribution in [0.3, 0.4) is 0 Å². The Bertz CT molecular complexity index is 378. The summed E-state index contributed by atoms with van der Waals surface area (Å²) in [6.07, 6.45) is 0. The molecule has 1 atom stereocenters. The van der Waals surface area contributed by atoms with Gasteiger partial charge in [0.25, 0.3) is 5.91 Å². The molecule has 1 aromatic carbocycles. The average molecular weight is 242 g/mol. The number of benzene rings is 1. The molecule has 1 aromatic rings. The fourth-order valence-electron chi connectivity index (χ4n) is 1.36. The highest BCUT2D eigenvalue weighted by molar-refractivity contribution is 5.97. The van der Waals surface area contributed by atoms with Crippen molar-refractivity contribution in [2.24, 2.45) is 5.73 Å². The van der Waals surface area contributed by atoms with E-state index in [-0.39, 0.29) is 18.7 Å². The number of nitrogens with two attached hydrogens (primary N) is 1. The van der Waals surface area contributed by atoms with Gasteiger partial charge < -0.3 is 20.9 Å². The normalized spacial score (nSPS) is 12.2. The quantitative estimate of drug-likeness (QED) is 0.690. The molecule has 17 heavy (non-hydrogen) atoms. The van der Waals surface area contributed by atoms with Crippen molar-refractivity contribution in [3.8, 4) is 5.75 Å². The first-order valence-corrected chi connectivity index (χ1v) is 5.07. The van der Waals surface area contributed by atoms with Crippen LogP contribution in [0.1, 0.15) is 10.4 Å². The number of phenolic OH excluding ortho intramolecular Hbond substituents is 1. The molecule has 0 heterocycles. The number of halogens is 1. The average Bonchev–Trinajstić information content (AvgIpc) is 2.28. The van der Waals surface area contributed by atoms with Crippen LogP contribution in [-0.2, 0) is 4.74 Å². The minimum Gasteiger partial charge on any atom is -0.507 e. The second-order valence-electron chi connectivity index (χ2n) is 3.50. The summed E-state index contributed by atoms with van der Waals surface area (Å²) in [5, 5.41) is 11.9. The predicted molar refractivity (Wildman–Crippen MR) is 60.2 cm³/mol. The predicted octanol–water partition coefficient (Wildman–Crippen LogP) is 0.235. The molecule has 6 heteroatoms. The van der Waals surface area contributed by atoms with E-state index in [1.54, 1.807) is 0 Å². The van der Waals surface area contributed by atoms with Gasteiger partial charge >= 0.3 is 0 Å². The first-order chi connectivity index (χ1) is 8.10. The molecular formula is C11H15FN2O3. The molecule has 0 aliphatic rings. The van der Waals surface area contributed by atoms with Gasteiger partial charge in [0.05, 0.1) is 12.6 Å². The SMILES string of the molecule is COCC(CN)NC(=O)c1c(O)cccc1F. The minimum atomic E-state index is -0.782. The van der Waals surface area contributed by atoms with Gasteiger partial charge in [0.15, 0.2) is 0 Å². The maximum absolute atomic E-state index is 13.4. The molecule has 0 aromatic heterocycles. The lowest BCUT2D eigenvalue weighted by molar-refractivity contribution is 0.0893. The first kappa shape index (κ1) is 13.4. The molecule has 0 aliphatic carbocycles. The monoisotopic (exact) mass is 242 g/mol. The molecule has 94 valence electrons. The van der Waals surface area contributed by atoms with E-state index in [1.165, 1.54) is 19.2 Å². The summed E-state index contributed by atoms with van der Waals surface area (Å²) >= 11 is 0. The van der Waals surface area contributed by atoms with Crippen LogP contribution < -0.4 is 11.1 Å². The third kappa shape index (κ3) is 3.40. The number of hydrogen-bond donors (Lipinski definition) is 3. The Morgan fingerprint density at radius 1 is 1.65 bits per heavy atom. The highest BCUT2D eigenvalue weighted by atomic mass is 19.1. The summed E-state index contributed by atoms with van der Waals surface area (Å²) in [5.41, 5.74) is 5.02. The van der Waals surface area contributed by atoms with Gasteiger partial charge in [-0.2, -0.15) is 0 Å². The number of amides is 1. The molecule has 1 amide bonds. The standard InChI is InChI=1S/C11H15FN2O3/c1-17-6-7(5-13)14-11(16)10-8(12)3-2-4-9(10)15/h2-4,7,15H,5-6,13H2,1H3,(H,14,16). The number of methoxy groups -OCH3 is 1. The van der Waals surface area contributed by atoms with Gasteiger partial charge in [0.2, 0.25) is 0 Å². The molecule has 0 radical (unpaired) electrons. The zero-order valence-electron chi connectivity index (χ0n) is 9.44. The van der Waals surface area contributed by atoms with Gasteiger partial charge in [-0.25, -0.2) is 4.39 Å². The van der Waals surface area contributed by atoms with E-state index in [0.29, 0.717) is 0 Å². The van der Waals surface area contributed by atoms with E-state index in [4.69, 9.17) is 10.5 Å². The molecule has 1 unspecified atom stereocenters. The van der Waals surface area contributed by atoms with Crippen LogP contribution >= 0.6 is 0 Å². The number of phenols is 1. The van der Waals surface area contributed by atoms with Gasteiger partial charge in [0.1, 0.15) is 17.1 Å². The van der Waals surface area contributed by atoms with Crippen molar-refractivity contribution in [1.29, 1.82) is 0 Å². The third-order valence-corrected chi connectivity index (χ3v) is 2.21. The van der Waals surface area contributed by atoms with Crippen molar-refractivity contribution in [2.45, 2.75) is 6.04 Å². The van der Waals surface area contributed by atoms with Gasteiger partial charge in [-0.1, -0.05) is 6.07 Å². The molecule has 0 saturated carbocycles. The van der Waals surface area contributed by atoms with E-state index in [0.717, 1.165) is 6.07 Å². The minimum absolute atomic E-state index is 0.162. The Kier molecular flexibility index (Phi) is 4.86. The smallest absolute Gasteiger partial charge is 0.258 e. The number of hydrogen-bond acceptors (Lipinski definition) is 4. The number of ether oxygens (including phenoxy) is 1. The summed E-state index contributed by atoms with van der Waals surface area (Å²) in [6.45, 7) is 0.381. The zero-order chi connectivity index (χ0) is 12.8. The largest absolute Gasteiger partial charge is 0.507 e. The van der Waals surface area contributed by atoms with E-state index >= 15 is 0 Å².